The molecule has 0 radical (unpaired) electrons. The first kappa shape index (κ1) is 14.7. The summed E-state index contributed by atoms with van der Waals surface area (Å²) in [5.74, 6) is -3.85. The fourth-order valence-electron chi connectivity index (χ4n) is 2.46. The number of likely N-dealkylation sites (tertiary alicyclic amines) is 1. The number of carboxylic acid groups (broad SMARTS) is 1. The van der Waals surface area contributed by atoms with Crippen molar-refractivity contribution in [3.8, 4) is 5.75 Å². The Bertz CT molecular complexity index is 484. The maximum atomic E-state index is 13.6. The Balaban J connectivity index is 1.97. The summed E-state index contributed by atoms with van der Waals surface area (Å²) >= 11 is 0. The molecule has 4 nitrogen and oxygen atoms in total. The van der Waals surface area contributed by atoms with Gasteiger partial charge in [0.2, 0.25) is 0 Å². The molecule has 0 spiro atoms. The standard InChI is InChI=1S/C14H17F2NO3/c1-17-5-2-3-10(17)4-6-20-13-11(15)7-9(14(18)19)8-12(13)16/h7-8,10H,2-6H2,1H3,(H,18,19). The highest BCUT2D eigenvalue weighted by molar-refractivity contribution is 5.87. The molecular weight excluding hydrogens is 268 g/mol. The summed E-state index contributed by atoms with van der Waals surface area (Å²) in [6.07, 6.45) is 2.87. The molecule has 0 aliphatic carbocycles. The van der Waals surface area contributed by atoms with Crippen LogP contribution in [-0.4, -0.2) is 42.2 Å². The SMILES string of the molecule is CN1CCCC1CCOc1c(F)cc(C(=O)O)cc1F. The largest absolute Gasteiger partial charge is 0.488 e. The lowest BCUT2D eigenvalue weighted by molar-refractivity contribution is 0.0695. The van der Waals surface area contributed by atoms with Crippen molar-refractivity contribution in [2.75, 3.05) is 20.2 Å². The lowest BCUT2D eigenvalue weighted by Crippen LogP contribution is -2.26. The van der Waals surface area contributed by atoms with Crippen molar-refractivity contribution in [2.24, 2.45) is 0 Å². The molecule has 1 fully saturated rings. The number of rotatable bonds is 5. The molecule has 1 aromatic rings. The van der Waals surface area contributed by atoms with Crippen molar-refractivity contribution in [1.82, 2.24) is 4.90 Å². The Morgan fingerprint density at radius 3 is 2.60 bits per heavy atom. The van der Waals surface area contributed by atoms with Crippen LogP contribution in [0.4, 0.5) is 8.78 Å². The quantitative estimate of drug-likeness (QED) is 0.903. The van der Waals surface area contributed by atoms with Crippen molar-refractivity contribution in [1.29, 1.82) is 0 Å². The van der Waals surface area contributed by atoms with Gasteiger partial charge in [-0.15, -0.1) is 0 Å². The number of nitrogens with zero attached hydrogens (tertiary/aromatic N) is 1. The highest BCUT2D eigenvalue weighted by Crippen LogP contribution is 2.24. The molecule has 1 heterocycles. The van der Waals surface area contributed by atoms with Crippen LogP contribution in [0.5, 0.6) is 5.75 Å². The summed E-state index contributed by atoms with van der Waals surface area (Å²) in [4.78, 5) is 12.9. The molecule has 20 heavy (non-hydrogen) atoms. The second kappa shape index (κ2) is 6.17. The monoisotopic (exact) mass is 285 g/mol. The van der Waals surface area contributed by atoms with E-state index >= 15 is 0 Å². The van der Waals surface area contributed by atoms with E-state index in [-0.39, 0.29) is 6.61 Å². The van der Waals surface area contributed by atoms with Crippen LogP contribution in [0.15, 0.2) is 12.1 Å². The first-order valence-corrected chi connectivity index (χ1v) is 6.54. The Kier molecular flexibility index (Phi) is 4.54. The van der Waals surface area contributed by atoms with Gasteiger partial charge < -0.3 is 14.7 Å². The molecule has 2 rings (SSSR count). The van der Waals surface area contributed by atoms with Gasteiger partial charge in [0, 0.05) is 6.04 Å². The topological polar surface area (TPSA) is 49.8 Å². The third-order valence-electron chi connectivity index (χ3n) is 3.61. The zero-order valence-electron chi connectivity index (χ0n) is 11.2. The summed E-state index contributed by atoms with van der Waals surface area (Å²) in [5.41, 5.74) is -0.428. The molecule has 0 aromatic heterocycles. The van der Waals surface area contributed by atoms with Gasteiger partial charge >= 0.3 is 5.97 Å². The van der Waals surface area contributed by atoms with Crippen LogP contribution < -0.4 is 4.74 Å². The number of carbonyl (C=O) groups is 1. The Labute approximate surface area is 116 Å². The van der Waals surface area contributed by atoms with E-state index in [0.717, 1.165) is 31.5 Å². The smallest absolute Gasteiger partial charge is 0.335 e. The summed E-state index contributed by atoms with van der Waals surface area (Å²) in [5, 5.41) is 8.69. The van der Waals surface area contributed by atoms with Gasteiger partial charge in [-0.2, -0.15) is 0 Å². The summed E-state index contributed by atoms with van der Waals surface area (Å²) in [6.45, 7) is 1.23. The van der Waals surface area contributed by atoms with Gasteiger partial charge in [0.15, 0.2) is 17.4 Å². The van der Waals surface area contributed by atoms with Gasteiger partial charge in [-0.05, 0) is 45.0 Å². The highest BCUT2D eigenvalue weighted by Gasteiger charge is 2.21. The second-order valence-corrected chi connectivity index (χ2v) is 4.99. The first-order chi connectivity index (χ1) is 9.49. The van der Waals surface area contributed by atoms with E-state index in [1.165, 1.54) is 0 Å². The molecule has 0 saturated carbocycles. The van der Waals surface area contributed by atoms with Crippen LogP contribution in [0.2, 0.25) is 0 Å². The molecule has 0 bridgehead atoms. The van der Waals surface area contributed by atoms with Crippen molar-refractivity contribution in [2.45, 2.75) is 25.3 Å². The molecule has 1 aliphatic heterocycles. The van der Waals surface area contributed by atoms with E-state index < -0.39 is 28.9 Å². The van der Waals surface area contributed by atoms with Crippen LogP contribution in [-0.2, 0) is 0 Å². The highest BCUT2D eigenvalue weighted by atomic mass is 19.1. The molecule has 1 aliphatic rings. The summed E-state index contributed by atoms with van der Waals surface area (Å²) in [6, 6.07) is 1.91. The van der Waals surface area contributed by atoms with E-state index in [4.69, 9.17) is 9.84 Å². The normalized spacial score (nSPS) is 19.2. The van der Waals surface area contributed by atoms with Crippen molar-refractivity contribution < 1.29 is 23.4 Å². The fourth-order valence-corrected chi connectivity index (χ4v) is 2.46. The third kappa shape index (κ3) is 3.25. The minimum atomic E-state index is -1.37. The van der Waals surface area contributed by atoms with E-state index in [1.54, 1.807) is 0 Å². The third-order valence-corrected chi connectivity index (χ3v) is 3.61. The predicted octanol–water partition coefficient (Wildman–Crippen LogP) is 2.53. The number of halogens is 2. The molecule has 110 valence electrons. The molecule has 1 N–H and O–H groups in total. The molecular formula is C14H17F2NO3. The number of ether oxygens (including phenoxy) is 1. The number of aromatic carboxylic acids is 1. The van der Waals surface area contributed by atoms with Crippen LogP contribution in [0.3, 0.4) is 0 Å². The van der Waals surface area contributed by atoms with Gasteiger partial charge in [0.25, 0.3) is 0 Å². The molecule has 1 aromatic carbocycles. The molecule has 0 amide bonds. The van der Waals surface area contributed by atoms with Crippen molar-refractivity contribution in [3.05, 3.63) is 29.3 Å². The molecule has 1 atom stereocenters. The molecule has 1 unspecified atom stereocenters. The van der Waals surface area contributed by atoms with Crippen LogP contribution >= 0.6 is 0 Å². The van der Waals surface area contributed by atoms with E-state index in [0.29, 0.717) is 12.5 Å². The van der Waals surface area contributed by atoms with Crippen molar-refractivity contribution in [3.63, 3.8) is 0 Å². The minimum Gasteiger partial charge on any atom is -0.488 e. The van der Waals surface area contributed by atoms with E-state index in [1.807, 2.05) is 7.05 Å². The number of hydrogen-bond donors (Lipinski definition) is 1. The summed E-state index contributed by atoms with van der Waals surface area (Å²) in [7, 11) is 2.01. The second-order valence-electron chi connectivity index (χ2n) is 4.99. The van der Waals surface area contributed by atoms with Gasteiger partial charge in [0.1, 0.15) is 0 Å². The number of benzene rings is 1. The van der Waals surface area contributed by atoms with Crippen molar-refractivity contribution >= 4 is 5.97 Å². The lowest BCUT2D eigenvalue weighted by Gasteiger charge is -2.19. The molecule has 1 saturated heterocycles. The average Bonchev–Trinajstić information content (AvgIpc) is 2.78. The van der Waals surface area contributed by atoms with Gasteiger partial charge in [-0.3, -0.25) is 0 Å². The van der Waals surface area contributed by atoms with Crippen LogP contribution in [0.25, 0.3) is 0 Å². The first-order valence-electron chi connectivity index (χ1n) is 6.54. The van der Waals surface area contributed by atoms with E-state index in [9.17, 15) is 13.6 Å². The van der Waals surface area contributed by atoms with Gasteiger partial charge in [-0.1, -0.05) is 0 Å². The van der Waals surface area contributed by atoms with E-state index in [2.05, 4.69) is 4.90 Å². The maximum absolute atomic E-state index is 13.6. The fraction of sp³-hybridized carbons (Fsp3) is 0.500. The maximum Gasteiger partial charge on any atom is 0.335 e. The zero-order chi connectivity index (χ0) is 14.7. The Morgan fingerprint density at radius 1 is 1.45 bits per heavy atom. The summed E-state index contributed by atoms with van der Waals surface area (Å²) < 4.78 is 32.4. The number of carboxylic acids is 1. The predicted molar refractivity (Wildman–Crippen MR) is 69.1 cm³/mol. The molecule has 6 heteroatoms. The zero-order valence-corrected chi connectivity index (χ0v) is 11.2. The van der Waals surface area contributed by atoms with Crippen LogP contribution in [0, 0.1) is 11.6 Å². The van der Waals surface area contributed by atoms with Gasteiger partial charge in [-0.25, -0.2) is 13.6 Å². The average molecular weight is 285 g/mol. The Hall–Kier alpha value is -1.69. The van der Waals surface area contributed by atoms with Crippen LogP contribution in [0.1, 0.15) is 29.6 Å². The lowest BCUT2D eigenvalue weighted by atomic mass is 10.1. The Morgan fingerprint density at radius 2 is 2.10 bits per heavy atom. The number of hydrogen-bond acceptors (Lipinski definition) is 3. The minimum absolute atomic E-state index is 0.204. The van der Waals surface area contributed by atoms with Gasteiger partial charge in [0.05, 0.1) is 12.2 Å².